The van der Waals surface area contributed by atoms with Gasteiger partial charge in [0.25, 0.3) is 0 Å². The standard InChI is InChI=1S/C11H24O/c1-7-8-11(12-6,9(2)3)10(4)5/h9-10H,7-8H2,1-6H3. The van der Waals surface area contributed by atoms with Gasteiger partial charge in [0.15, 0.2) is 0 Å². The molecule has 0 fully saturated rings. The lowest BCUT2D eigenvalue weighted by Crippen LogP contribution is -2.42. The summed E-state index contributed by atoms with van der Waals surface area (Å²) in [6.07, 6.45) is 2.36. The van der Waals surface area contributed by atoms with Gasteiger partial charge in [0.1, 0.15) is 0 Å². The van der Waals surface area contributed by atoms with Crippen LogP contribution in [0.4, 0.5) is 0 Å². The predicted octanol–water partition coefficient (Wildman–Crippen LogP) is 3.48. The summed E-state index contributed by atoms with van der Waals surface area (Å²) in [5.41, 5.74) is 0.0920. The van der Waals surface area contributed by atoms with E-state index in [9.17, 15) is 0 Å². The number of ether oxygens (including phenoxy) is 1. The van der Waals surface area contributed by atoms with Crippen molar-refractivity contribution in [2.75, 3.05) is 7.11 Å². The molecule has 0 aromatic heterocycles. The molecule has 0 N–H and O–H groups in total. The summed E-state index contributed by atoms with van der Waals surface area (Å²) in [7, 11) is 1.84. The van der Waals surface area contributed by atoms with Crippen molar-refractivity contribution in [1.82, 2.24) is 0 Å². The second-order valence-electron chi connectivity index (χ2n) is 4.22. The van der Waals surface area contributed by atoms with Crippen LogP contribution in [0.5, 0.6) is 0 Å². The zero-order chi connectivity index (χ0) is 9.78. The van der Waals surface area contributed by atoms with E-state index in [1.807, 2.05) is 7.11 Å². The number of rotatable bonds is 5. The minimum Gasteiger partial charge on any atom is -0.378 e. The highest BCUT2D eigenvalue weighted by Gasteiger charge is 2.35. The average Bonchev–Trinajstić information content (AvgIpc) is 1.98. The van der Waals surface area contributed by atoms with Gasteiger partial charge in [-0.25, -0.2) is 0 Å². The fourth-order valence-corrected chi connectivity index (χ4v) is 2.21. The minimum absolute atomic E-state index is 0.0920. The number of hydrogen-bond acceptors (Lipinski definition) is 1. The Labute approximate surface area is 77.5 Å². The van der Waals surface area contributed by atoms with Crippen molar-refractivity contribution in [2.45, 2.75) is 53.1 Å². The fraction of sp³-hybridized carbons (Fsp3) is 1.00. The lowest BCUT2D eigenvalue weighted by atomic mass is 9.77. The van der Waals surface area contributed by atoms with Crippen molar-refractivity contribution in [3.8, 4) is 0 Å². The Hall–Kier alpha value is -0.0400. The van der Waals surface area contributed by atoms with Gasteiger partial charge in [-0.05, 0) is 18.3 Å². The van der Waals surface area contributed by atoms with E-state index in [2.05, 4.69) is 34.6 Å². The van der Waals surface area contributed by atoms with E-state index in [1.54, 1.807) is 0 Å². The van der Waals surface area contributed by atoms with Crippen LogP contribution in [0.2, 0.25) is 0 Å². The average molecular weight is 172 g/mol. The van der Waals surface area contributed by atoms with Crippen LogP contribution in [0.3, 0.4) is 0 Å². The Bertz CT molecular complexity index is 108. The van der Waals surface area contributed by atoms with E-state index < -0.39 is 0 Å². The molecule has 74 valence electrons. The maximum absolute atomic E-state index is 5.70. The van der Waals surface area contributed by atoms with E-state index in [0.29, 0.717) is 11.8 Å². The Morgan fingerprint density at radius 3 is 1.58 bits per heavy atom. The zero-order valence-corrected chi connectivity index (χ0v) is 9.48. The first-order chi connectivity index (χ1) is 5.51. The highest BCUT2D eigenvalue weighted by molar-refractivity contribution is 4.86. The van der Waals surface area contributed by atoms with Crippen LogP contribution in [-0.2, 0) is 4.74 Å². The summed E-state index contributed by atoms with van der Waals surface area (Å²) >= 11 is 0. The van der Waals surface area contributed by atoms with Gasteiger partial charge >= 0.3 is 0 Å². The largest absolute Gasteiger partial charge is 0.378 e. The first kappa shape index (κ1) is 12.0. The van der Waals surface area contributed by atoms with E-state index in [1.165, 1.54) is 12.8 Å². The van der Waals surface area contributed by atoms with Crippen molar-refractivity contribution in [2.24, 2.45) is 11.8 Å². The summed E-state index contributed by atoms with van der Waals surface area (Å²) in [4.78, 5) is 0. The quantitative estimate of drug-likeness (QED) is 0.617. The monoisotopic (exact) mass is 172 g/mol. The molecule has 0 aromatic carbocycles. The lowest BCUT2D eigenvalue weighted by Gasteiger charge is -2.40. The second-order valence-corrected chi connectivity index (χ2v) is 4.22. The van der Waals surface area contributed by atoms with Gasteiger partial charge in [-0.1, -0.05) is 41.0 Å². The van der Waals surface area contributed by atoms with Crippen LogP contribution in [0.25, 0.3) is 0 Å². The third-order valence-corrected chi connectivity index (χ3v) is 2.98. The first-order valence-corrected chi connectivity index (χ1v) is 5.06. The smallest absolute Gasteiger partial charge is 0.0724 e. The van der Waals surface area contributed by atoms with Gasteiger partial charge in [-0.15, -0.1) is 0 Å². The fourth-order valence-electron chi connectivity index (χ4n) is 2.21. The molecule has 0 aliphatic rings. The maximum Gasteiger partial charge on any atom is 0.0724 e. The summed E-state index contributed by atoms with van der Waals surface area (Å²) in [5.74, 6) is 1.20. The van der Waals surface area contributed by atoms with E-state index in [-0.39, 0.29) is 5.60 Å². The summed E-state index contributed by atoms with van der Waals surface area (Å²) in [6, 6.07) is 0. The molecule has 0 aromatic rings. The third kappa shape index (κ3) is 2.22. The zero-order valence-electron chi connectivity index (χ0n) is 9.48. The molecular formula is C11H24O. The molecule has 0 unspecified atom stereocenters. The number of methoxy groups -OCH3 is 1. The van der Waals surface area contributed by atoms with Crippen LogP contribution in [0.1, 0.15) is 47.5 Å². The lowest BCUT2D eigenvalue weighted by molar-refractivity contribution is -0.0896. The highest BCUT2D eigenvalue weighted by atomic mass is 16.5. The third-order valence-electron chi connectivity index (χ3n) is 2.98. The van der Waals surface area contributed by atoms with E-state index in [4.69, 9.17) is 4.74 Å². The SMILES string of the molecule is CCCC(OC)(C(C)C)C(C)C. The van der Waals surface area contributed by atoms with Crippen LogP contribution in [-0.4, -0.2) is 12.7 Å². The molecule has 0 bridgehead atoms. The first-order valence-electron chi connectivity index (χ1n) is 5.06. The van der Waals surface area contributed by atoms with Gasteiger partial charge in [0, 0.05) is 7.11 Å². The van der Waals surface area contributed by atoms with Crippen LogP contribution >= 0.6 is 0 Å². The molecule has 0 spiro atoms. The minimum atomic E-state index is 0.0920. The Morgan fingerprint density at radius 2 is 1.50 bits per heavy atom. The van der Waals surface area contributed by atoms with Crippen molar-refractivity contribution >= 4 is 0 Å². The molecule has 0 atom stereocenters. The van der Waals surface area contributed by atoms with Gasteiger partial charge in [0.05, 0.1) is 5.60 Å². The molecule has 0 aliphatic carbocycles. The van der Waals surface area contributed by atoms with Gasteiger partial charge in [-0.3, -0.25) is 0 Å². The topological polar surface area (TPSA) is 9.23 Å². The normalized spacial score (nSPS) is 13.0. The molecular weight excluding hydrogens is 148 g/mol. The highest BCUT2D eigenvalue weighted by Crippen LogP contribution is 2.34. The van der Waals surface area contributed by atoms with Crippen molar-refractivity contribution in [3.63, 3.8) is 0 Å². The van der Waals surface area contributed by atoms with Crippen molar-refractivity contribution in [1.29, 1.82) is 0 Å². The molecule has 0 saturated heterocycles. The second kappa shape index (κ2) is 4.86. The molecule has 0 radical (unpaired) electrons. The van der Waals surface area contributed by atoms with Crippen LogP contribution in [0.15, 0.2) is 0 Å². The number of hydrogen-bond donors (Lipinski definition) is 0. The van der Waals surface area contributed by atoms with Crippen LogP contribution in [0, 0.1) is 11.8 Å². The molecule has 0 aliphatic heterocycles. The van der Waals surface area contributed by atoms with Gasteiger partial charge in [0.2, 0.25) is 0 Å². The molecule has 12 heavy (non-hydrogen) atoms. The molecule has 1 heteroatoms. The molecule has 1 nitrogen and oxygen atoms in total. The van der Waals surface area contributed by atoms with Crippen molar-refractivity contribution < 1.29 is 4.74 Å². The molecule has 0 heterocycles. The Morgan fingerprint density at radius 1 is 1.08 bits per heavy atom. The summed E-state index contributed by atoms with van der Waals surface area (Å²) in [6.45, 7) is 11.2. The van der Waals surface area contributed by atoms with Gasteiger partial charge < -0.3 is 4.74 Å². The molecule has 0 amide bonds. The molecule has 0 saturated carbocycles. The van der Waals surface area contributed by atoms with E-state index >= 15 is 0 Å². The predicted molar refractivity (Wildman–Crippen MR) is 54.3 cm³/mol. The Kier molecular flexibility index (Phi) is 4.84. The Balaban J connectivity index is 4.51. The molecule has 0 rings (SSSR count). The summed E-state index contributed by atoms with van der Waals surface area (Å²) in [5, 5.41) is 0. The summed E-state index contributed by atoms with van der Waals surface area (Å²) < 4.78 is 5.70. The van der Waals surface area contributed by atoms with E-state index in [0.717, 1.165) is 0 Å². The maximum atomic E-state index is 5.70. The van der Waals surface area contributed by atoms with Crippen LogP contribution < -0.4 is 0 Å². The van der Waals surface area contributed by atoms with Crippen molar-refractivity contribution in [3.05, 3.63) is 0 Å². The van der Waals surface area contributed by atoms with Gasteiger partial charge in [-0.2, -0.15) is 0 Å².